The Kier molecular flexibility index (Phi) is 58.3. The fraction of sp³-hybridized carbons (Fsp3) is 0.760. The Morgan fingerprint density at radius 2 is 0.773 bits per heavy atom. The van der Waals surface area contributed by atoms with Crippen LogP contribution < -0.4 is 0 Å². The lowest BCUT2D eigenvalue weighted by molar-refractivity contribution is -0.345. The predicted molar refractivity (Wildman–Crippen MR) is 592 cm³/mol. The predicted octanol–water partition coefficient (Wildman–Crippen LogP) is 18.0. The highest BCUT2D eigenvalue weighted by Crippen LogP contribution is 2.64. The summed E-state index contributed by atoms with van der Waals surface area (Å²) in [5.74, 6) is -5.71. The molecule has 1 aromatic rings. The lowest BCUT2D eigenvalue weighted by Gasteiger charge is -2.67. The van der Waals surface area contributed by atoms with Gasteiger partial charge in [-0.1, -0.05) is 194 Å². The second-order valence-electron chi connectivity index (χ2n) is 47.5. The van der Waals surface area contributed by atoms with Crippen LogP contribution in [0.5, 0.6) is 0 Å². The monoisotopic (exact) mass is 2130 g/mol. The highest BCUT2D eigenvalue weighted by molar-refractivity contribution is 6.46. The molecule has 27 atom stereocenters. The van der Waals surface area contributed by atoms with Crippen molar-refractivity contribution < 1.29 is 143 Å². The molecule has 14 N–H and O–H groups in total. The number of ether oxygens (including phenoxy) is 6. The fourth-order valence-electron chi connectivity index (χ4n) is 19.8. The van der Waals surface area contributed by atoms with Crippen LogP contribution in [0.25, 0.3) is 0 Å². The van der Waals surface area contributed by atoms with Crippen LogP contribution >= 0.6 is 0 Å². The highest BCUT2D eigenvalue weighted by atomic mass is 16.6. The first kappa shape index (κ1) is 145. The van der Waals surface area contributed by atoms with Crippen LogP contribution in [0, 0.1) is 78.8 Å². The van der Waals surface area contributed by atoms with Crippen molar-refractivity contribution in [2.45, 2.75) is 491 Å². The zero-order valence-corrected chi connectivity index (χ0v) is 101. The highest BCUT2D eigenvalue weighted by Gasteiger charge is 2.78. The summed E-state index contributed by atoms with van der Waals surface area (Å²) < 4.78 is 33.6. The molecule has 150 heavy (non-hydrogen) atoms. The van der Waals surface area contributed by atoms with E-state index in [-0.39, 0.29) is 106 Å². The number of carbonyl (C=O) groups is 9. The van der Waals surface area contributed by atoms with Crippen LogP contribution in [-0.4, -0.2) is 273 Å². The van der Waals surface area contributed by atoms with Crippen molar-refractivity contribution in [1.82, 2.24) is 0 Å². The first-order valence-corrected chi connectivity index (χ1v) is 53.9. The Morgan fingerprint density at radius 3 is 1.11 bits per heavy atom. The second-order valence-corrected chi connectivity index (χ2v) is 47.5. The molecule has 2 saturated carbocycles. The maximum absolute atomic E-state index is 14.3. The van der Waals surface area contributed by atoms with Crippen LogP contribution in [0.1, 0.15) is 380 Å². The van der Waals surface area contributed by atoms with Crippen molar-refractivity contribution in [2.24, 2.45) is 78.8 Å². The molecule has 29 heteroatoms. The zero-order valence-electron chi connectivity index (χ0n) is 101. The van der Waals surface area contributed by atoms with Gasteiger partial charge in [-0.05, 0) is 276 Å². The third kappa shape index (κ3) is 33.9. The smallest absolute Gasteiger partial charge is 0.338 e. The van der Waals surface area contributed by atoms with E-state index in [4.69, 9.17) is 28.4 Å². The van der Waals surface area contributed by atoms with E-state index in [1.165, 1.54) is 51.0 Å². The van der Waals surface area contributed by atoms with E-state index in [0.717, 1.165) is 47.1 Å². The molecule has 5 rings (SSSR count). The van der Waals surface area contributed by atoms with Crippen molar-refractivity contribution in [2.75, 3.05) is 27.9 Å². The van der Waals surface area contributed by atoms with E-state index < -0.39 is 176 Å². The Balaban J connectivity index is 0. The van der Waals surface area contributed by atoms with Gasteiger partial charge in [-0.2, -0.15) is 0 Å². The van der Waals surface area contributed by atoms with Gasteiger partial charge in [0.25, 0.3) is 0 Å². The molecule has 3 aliphatic carbocycles. The third-order valence-corrected chi connectivity index (χ3v) is 36.4. The summed E-state index contributed by atoms with van der Waals surface area (Å²) in [6, 6.07) is 8.08. The zero-order chi connectivity index (χ0) is 119. The number of fused-ring (bicyclic) bond motifs is 5. The lowest BCUT2D eigenvalue weighted by atomic mass is 9.44. The van der Waals surface area contributed by atoms with Crippen LogP contribution in [0.4, 0.5) is 0 Å². The Morgan fingerprint density at radius 1 is 0.433 bits per heavy atom. The van der Waals surface area contributed by atoms with E-state index in [9.17, 15) is 115 Å². The number of allylic oxidation sites excluding steroid dienone is 3. The minimum Gasteiger partial charge on any atom is -0.455 e. The van der Waals surface area contributed by atoms with Crippen molar-refractivity contribution in [3.8, 4) is 0 Å². The van der Waals surface area contributed by atoms with Gasteiger partial charge < -0.3 is 99.9 Å². The third-order valence-electron chi connectivity index (χ3n) is 36.4. The molecular formula is C121H208O29. The summed E-state index contributed by atoms with van der Waals surface area (Å²) in [5, 5.41) is 147. The molecular weight excluding hydrogens is 1920 g/mol. The van der Waals surface area contributed by atoms with Gasteiger partial charge in [0, 0.05) is 85.9 Å². The number of benzene rings is 1. The number of aliphatic hydroxyl groups is 14. The first-order chi connectivity index (χ1) is 68.1. The van der Waals surface area contributed by atoms with Crippen LogP contribution in [0.15, 0.2) is 108 Å². The molecule has 4 aliphatic rings. The van der Waals surface area contributed by atoms with Crippen LogP contribution in [0.2, 0.25) is 0 Å². The lowest BCUT2D eigenvalue weighted by Crippen LogP contribution is -2.81. The fourth-order valence-corrected chi connectivity index (χ4v) is 19.8. The minimum atomic E-state index is -2.07. The summed E-state index contributed by atoms with van der Waals surface area (Å²) in [6.07, 6.45) is -9.82. The summed E-state index contributed by atoms with van der Waals surface area (Å²) in [7, 11) is 4.97. The number of Topliss-reactive ketones (excluding diaryl/α,β-unsaturated/α-hetero) is 7. The van der Waals surface area contributed by atoms with E-state index in [1.807, 2.05) is 118 Å². The normalized spacial score (nSPS) is 25.0. The van der Waals surface area contributed by atoms with Crippen molar-refractivity contribution in [3.63, 3.8) is 0 Å². The molecule has 29 nitrogen and oxygen atoms in total. The van der Waals surface area contributed by atoms with E-state index >= 15 is 0 Å². The molecule has 2 bridgehead atoms. The summed E-state index contributed by atoms with van der Waals surface area (Å²) >= 11 is 0. The molecule has 1 aliphatic heterocycles. The molecule has 0 amide bonds. The average molecular weight is 2130 g/mol. The number of ketones is 7. The molecule has 1 saturated heterocycles. The van der Waals surface area contributed by atoms with Crippen molar-refractivity contribution >= 4 is 52.4 Å². The summed E-state index contributed by atoms with van der Waals surface area (Å²) in [5.41, 5.74) is -1.09. The summed E-state index contributed by atoms with van der Waals surface area (Å²) in [4.78, 5) is 113. The van der Waals surface area contributed by atoms with Gasteiger partial charge in [0.15, 0.2) is 11.4 Å². The molecule has 3 fully saturated rings. The topological polar surface area (TPSA) is 492 Å². The number of hydrogen-bond donors (Lipinski definition) is 14. The quantitative estimate of drug-likeness (QED) is 0.0125. The van der Waals surface area contributed by atoms with E-state index in [0.29, 0.717) is 53.4 Å². The average Bonchev–Trinajstić information content (AvgIpc) is 0.667. The maximum Gasteiger partial charge on any atom is 0.338 e. The molecule has 0 aromatic heterocycles. The second kappa shape index (κ2) is 60.2. The van der Waals surface area contributed by atoms with Gasteiger partial charge in [-0.3, -0.25) is 38.4 Å². The molecule has 1 aromatic carbocycles. The standard InChI is InChI=1S/C29H36O10.C17H34O2.C16H32O3.C16H28O3.C15H30O3.2C14H24O4/c1-14-17(31)12-29(36)24(38-25(35)16-9-7-6-8-10-16)22-27(5,23(34)21(33)20(14)26(29,3)4)18(32)11-19-28(22,13-37-19)39-15(2)30;1-10-11(2)17(7,8)16(18)14(5)12(3)13(4)15(6)19-9;2*1-9-10(2)16(6,7)15(18)14(17)12(4)11(3)13(5)19-8;1-8-13(17)15(6,7)14(18)11(4)9(2)10(3)12(5)16;2*1-7-11(16)14(5,6)13(18)12(17)9(3)8(2)10(4)15/h6-10,17-19,21-22,24,31-33,36H,11-13H2,1-5H3;11,14-16,18H,10H2,1-9H3;10,13-15,17-18H,9H2,1-8H3;10,13H,9H2,1-8H3;11-14,16-18H,8H2,1-7H3;2*10-11,15-16H,7H2,1-6H3/b;13-12+;2*12-11+;10-9+;2*9-8+/t17-,18-,19+,21+,22-,24-,27+,28-,29+;11-,14-,15-,16-;10-,13-,14-,15-;10-,13-;11-,12-,13-,14-;10-,11+;10-,11-/m0000000/s1. The van der Waals surface area contributed by atoms with Gasteiger partial charge in [-0.15, -0.1) is 0 Å². The van der Waals surface area contributed by atoms with E-state index in [2.05, 4.69) is 69.2 Å². The van der Waals surface area contributed by atoms with Crippen molar-refractivity contribution in [1.29, 1.82) is 0 Å². The number of hydrogen-bond acceptors (Lipinski definition) is 29. The molecule has 1 heterocycles. The van der Waals surface area contributed by atoms with E-state index in [1.54, 1.807) is 143 Å². The summed E-state index contributed by atoms with van der Waals surface area (Å²) in [6.45, 7) is 83.9. The largest absolute Gasteiger partial charge is 0.455 e. The number of carbonyl (C=O) groups excluding carboxylic acids is 9. The molecule has 0 unspecified atom stereocenters. The van der Waals surface area contributed by atoms with Gasteiger partial charge in [0.05, 0.1) is 120 Å². The first-order valence-electron chi connectivity index (χ1n) is 53.9. The molecule has 0 radical (unpaired) electrons. The SMILES string of the molecule is CC(=O)O[C@@]12CO[C@@H]1C[C@H](O)[C@@]1(C)C(=O)[C@H](O)C3=C(C)[C@@H](O)C[C@@](O)([C@@H](OC(=O)c4ccccc4)[C@H]21)C3(C)C.CC[C@@H](O)C(C)(C)C(=O)C(=O)/C(C)=C(\C)[C@H](C)O.CC[C@H](C)C(C)(C)C(=O)C(=O)/C(C)=C(\C)[C@H](C)OC.CC[C@H](C)C(C)(C)[C@@H](O)[C@@H](C)/C(C)=C(\C)[C@H](C)OC.CC[C@H](C)C(C)(C)[C@@H](O)[C@@H](O)/C(C)=C(\C)[C@H](C)OC.CC[C@H](O)C(C)(C)C(=O)C(=O)/C(C)=C(\C)[C@H](C)O.CC[C@H](O)C(C)(C)[C@@H](O)[C@@H](C)/C(C)=C(\C)[C@H](C)O. The van der Waals surface area contributed by atoms with Crippen molar-refractivity contribution in [3.05, 3.63) is 114 Å². The van der Waals surface area contributed by atoms with Gasteiger partial charge in [0.1, 0.15) is 30.0 Å². The van der Waals surface area contributed by atoms with Crippen LogP contribution in [0.3, 0.4) is 0 Å². The minimum absolute atomic E-state index is 0.0476. The Labute approximate surface area is 902 Å². The number of esters is 2. The number of aliphatic hydroxyl groups excluding tert-OH is 13. The maximum atomic E-state index is 14.3. The molecule has 866 valence electrons. The van der Waals surface area contributed by atoms with Gasteiger partial charge in [-0.25, -0.2) is 4.79 Å². The van der Waals surface area contributed by atoms with Gasteiger partial charge in [0.2, 0.25) is 34.7 Å². The number of rotatable bonds is 42. The molecule has 0 spiro atoms. The number of methoxy groups -OCH3 is 3. The van der Waals surface area contributed by atoms with Gasteiger partial charge >= 0.3 is 11.9 Å². The van der Waals surface area contributed by atoms with Crippen LogP contribution in [-0.2, 0) is 66.8 Å². The Hall–Kier alpha value is -6.69. The Bertz CT molecular complexity index is 4690.